The minimum absolute atomic E-state index is 0.183. The van der Waals surface area contributed by atoms with Gasteiger partial charge in [0.05, 0.1) is 7.11 Å². The number of rotatable bonds is 2. The van der Waals surface area contributed by atoms with E-state index in [1.165, 1.54) is 6.07 Å². The molecule has 0 N–H and O–H groups in total. The second kappa shape index (κ2) is 3.82. The predicted molar refractivity (Wildman–Crippen MR) is 54.8 cm³/mol. The Bertz CT molecular complexity index is 369. The number of ether oxygens (including phenoxy) is 1. The van der Waals surface area contributed by atoms with Crippen LogP contribution in [0.2, 0.25) is 0 Å². The van der Waals surface area contributed by atoms with E-state index in [1.54, 1.807) is 19.2 Å². The fourth-order valence-electron chi connectivity index (χ4n) is 1.80. The molecule has 0 spiro atoms. The lowest BCUT2D eigenvalue weighted by Gasteiger charge is -2.06. The highest BCUT2D eigenvalue weighted by Gasteiger charge is 2.11. The zero-order valence-corrected chi connectivity index (χ0v) is 8.22. The van der Waals surface area contributed by atoms with Gasteiger partial charge in [-0.25, -0.2) is 4.39 Å². The average molecular weight is 192 g/mol. The number of hydrogen-bond acceptors (Lipinski definition) is 1. The summed E-state index contributed by atoms with van der Waals surface area (Å²) in [5.41, 5.74) is 1.86. The van der Waals surface area contributed by atoms with Crippen molar-refractivity contribution in [3.8, 4) is 5.75 Å². The first-order chi connectivity index (χ1) is 6.81. The van der Waals surface area contributed by atoms with E-state index < -0.39 is 0 Å². The lowest BCUT2D eigenvalue weighted by atomic mass is 10.0. The smallest absolute Gasteiger partial charge is 0.134 e. The molecule has 1 aromatic rings. The van der Waals surface area contributed by atoms with Gasteiger partial charge in [0.15, 0.2) is 0 Å². The average Bonchev–Trinajstić information content (AvgIpc) is 2.70. The Morgan fingerprint density at radius 2 is 2.21 bits per heavy atom. The van der Waals surface area contributed by atoms with Crippen LogP contribution in [0.15, 0.2) is 24.3 Å². The summed E-state index contributed by atoms with van der Waals surface area (Å²) in [6.45, 7) is 0. The monoisotopic (exact) mass is 192 g/mol. The Labute approximate surface area is 83.2 Å². The SMILES string of the molecule is COc1ccc(C2=CCCC2)c(F)c1. The van der Waals surface area contributed by atoms with E-state index in [0.29, 0.717) is 5.75 Å². The number of halogens is 1. The minimum atomic E-state index is -0.183. The van der Waals surface area contributed by atoms with Gasteiger partial charge in [0.1, 0.15) is 11.6 Å². The van der Waals surface area contributed by atoms with Crippen LogP contribution >= 0.6 is 0 Å². The van der Waals surface area contributed by atoms with Gasteiger partial charge in [0, 0.05) is 11.6 Å². The van der Waals surface area contributed by atoms with Crippen LogP contribution in [0.1, 0.15) is 24.8 Å². The summed E-state index contributed by atoms with van der Waals surface area (Å²) in [4.78, 5) is 0. The van der Waals surface area contributed by atoms with Crippen molar-refractivity contribution in [2.24, 2.45) is 0 Å². The molecule has 0 fully saturated rings. The quantitative estimate of drug-likeness (QED) is 0.697. The maximum atomic E-state index is 13.6. The van der Waals surface area contributed by atoms with Crippen LogP contribution < -0.4 is 4.74 Å². The summed E-state index contributed by atoms with van der Waals surface area (Å²) in [6, 6.07) is 5.04. The van der Waals surface area contributed by atoms with Crippen molar-refractivity contribution in [2.75, 3.05) is 7.11 Å². The predicted octanol–water partition coefficient (Wildman–Crippen LogP) is 3.40. The second-order valence-corrected chi connectivity index (χ2v) is 3.47. The van der Waals surface area contributed by atoms with Gasteiger partial charge in [-0.05, 0) is 37.0 Å². The highest BCUT2D eigenvalue weighted by Crippen LogP contribution is 2.30. The van der Waals surface area contributed by atoms with E-state index in [-0.39, 0.29) is 5.82 Å². The topological polar surface area (TPSA) is 9.23 Å². The van der Waals surface area contributed by atoms with Gasteiger partial charge < -0.3 is 4.74 Å². The third-order valence-corrected chi connectivity index (χ3v) is 2.56. The van der Waals surface area contributed by atoms with E-state index in [4.69, 9.17) is 4.74 Å². The third-order valence-electron chi connectivity index (χ3n) is 2.56. The Kier molecular flexibility index (Phi) is 2.53. The fraction of sp³-hybridized carbons (Fsp3) is 0.333. The zero-order chi connectivity index (χ0) is 9.97. The molecular formula is C12H13FO. The molecule has 1 aliphatic carbocycles. The van der Waals surface area contributed by atoms with E-state index in [0.717, 1.165) is 30.4 Å². The van der Waals surface area contributed by atoms with Crippen LogP contribution in [0.3, 0.4) is 0 Å². The molecule has 1 nitrogen and oxygen atoms in total. The van der Waals surface area contributed by atoms with Crippen LogP contribution in [-0.2, 0) is 0 Å². The first kappa shape index (κ1) is 9.25. The van der Waals surface area contributed by atoms with E-state index in [1.807, 2.05) is 0 Å². The summed E-state index contributed by atoms with van der Waals surface area (Å²) in [5, 5.41) is 0. The Hall–Kier alpha value is -1.31. The van der Waals surface area contributed by atoms with Crippen molar-refractivity contribution in [2.45, 2.75) is 19.3 Å². The molecule has 2 rings (SSSR count). The van der Waals surface area contributed by atoms with Crippen molar-refractivity contribution in [3.63, 3.8) is 0 Å². The standard InChI is InChI=1S/C12H13FO/c1-14-10-6-7-11(12(13)8-10)9-4-2-3-5-9/h4,6-8H,2-3,5H2,1H3. The summed E-state index contributed by atoms with van der Waals surface area (Å²) in [7, 11) is 1.54. The molecule has 0 atom stereocenters. The molecule has 1 aliphatic rings. The number of benzene rings is 1. The van der Waals surface area contributed by atoms with Gasteiger partial charge in [-0.15, -0.1) is 0 Å². The molecule has 14 heavy (non-hydrogen) atoms. The van der Waals surface area contributed by atoms with Gasteiger partial charge >= 0.3 is 0 Å². The van der Waals surface area contributed by atoms with Crippen molar-refractivity contribution < 1.29 is 9.13 Å². The molecule has 2 heteroatoms. The number of methoxy groups -OCH3 is 1. The normalized spacial score (nSPS) is 15.4. The highest BCUT2D eigenvalue weighted by atomic mass is 19.1. The van der Waals surface area contributed by atoms with Gasteiger partial charge in [-0.2, -0.15) is 0 Å². The maximum Gasteiger partial charge on any atom is 0.134 e. The molecule has 74 valence electrons. The molecule has 0 radical (unpaired) electrons. The second-order valence-electron chi connectivity index (χ2n) is 3.47. The summed E-state index contributed by atoms with van der Waals surface area (Å²) in [6.07, 6.45) is 5.32. The molecular weight excluding hydrogens is 179 g/mol. The van der Waals surface area contributed by atoms with Crippen LogP contribution in [-0.4, -0.2) is 7.11 Å². The molecule has 0 heterocycles. The number of hydrogen-bond donors (Lipinski definition) is 0. The molecule has 0 unspecified atom stereocenters. The van der Waals surface area contributed by atoms with Crippen LogP contribution in [0.25, 0.3) is 5.57 Å². The van der Waals surface area contributed by atoms with Crippen LogP contribution in [0.4, 0.5) is 4.39 Å². The van der Waals surface area contributed by atoms with E-state index in [2.05, 4.69) is 6.08 Å². The molecule has 0 saturated heterocycles. The van der Waals surface area contributed by atoms with Gasteiger partial charge in [-0.1, -0.05) is 6.08 Å². The fourth-order valence-corrected chi connectivity index (χ4v) is 1.80. The summed E-state index contributed by atoms with van der Waals surface area (Å²) < 4.78 is 18.5. The summed E-state index contributed by atoms with van der Waals surface area (Å²) >= 11 is 0. The Morgan fingerprint density at radius 1 is 1.36 bits per heavy atom. The van der Waals surface area contributed by atoms with Gasteiger partial charge in [0.2, 0.25) is 0 Å². The van der Waals surface area contributed by atoms with Gasteiger partial charge in [0.25, 0.3) is 0 Å². The number of allylic oxidation sites excluding steroid dienone is 2. The van der Waals surface area contributed by atoms with Crippen molar-refractivity contribution >= 4 is 5.57 Å². The lowest BCUT2D eigenvalue weighted by molar-refractivity contribution is 0.411. The first-order valence-electron chi connectivity index (χ1n) is 4.84. The Morgan fingerprint density at radius 3 is 2.79 bits per heavy atom. The molecule has 1 aromatic carbocycles. The van der Waals surface area contributed by atoms with Crippen molar-refractivity contribution in [3.05, 3.63) is 35.7 Å². The molecule has 0 aliphatic heterocycles. The maximum absolute atomic E-state index is 13.6. The highest BCUT2D eigenvalue weighted by molar-refractivity contribution is 5.68. The largest absolute Gasteiger partial charge is 0.497 e. The minimum Gasteiger partial charge on any atom is -0.497 e. The van der Waals surface area contributed by atoms with Crippen molar-refractivity contribution in [1.82, 2.24) is 0 Å². The third kappa shape index (κ3) is 1.65. The van der Waals surface area contributed by atoms with Crippen molar-refractivity contribution in [1.29, 1.82) is 0 Å². The molecule has 0 bridgehead atoms. The van der Waals surface area contributed by atoms with E-state index >= 15 is 0 Å². The Balaban J connectivity index is 2.34. The van der Waals surface area contributed by atoms with Gasteiger partial charge in [-0.3, -0.25) is 0 Å². The molecule has 0 aromatic heterocycles. The molecule has 0 saturated carbocycles. The van der Waals surface area contributed by atoms with Crippen LogP contribution in [0.5, 0.6) is 5.75 Å². The van der Waals surface area contributed by atoms with E-state index in [9.17, 15) is 4.39 Å². The molecule has 0 amide bonds. The first-order valence-corrected chi connectivity index (χ1v) is 4.84. The lowest BCUT2D eigenvalue weighted by Crippen LogP contribution is -1.90. The van der Waals surface area contributed by atoms with Crippen LogP contribution in [0, 0.1) is 5.82 Å². The zero-order valence-electron chi connectivity index (χ0n) is 8.22. The summed E-state index contributed by atoms with van der Waals surface area (Å²) in [5.74, 6) is 0.391.